The quantitative estimate of drug-likeness (QED) is 0.901. The molecule has 1 N–H and O–H groups in total. The van der Waals surface area contributed by atoms with Crippen LogP contribution in [-0.2, 0) is 6.61 Å². The maximum Gasteiger partial charge on any atom is 0.126 e. The number of hydrogen-bond donors (Lipinski definition) is 1. The van der Waals surface area contributed by atoms with E-state index in [1.807, 2.05) is 42.5 Å². The molecule has 0 aliphatic carbocycles. The summed E-state index contributed by atoms with van der Waals surface area (Å²) in [6, 6.07) is 13.1. The number of halogens is 1. The minimum Gasteiger partial charge on any atom is -0.496 e. The number of aliphatic hydroxyl groups excluding tert-OH is 1. The molecular formula is C14H13ClO2. The number of methoxy groups -OCH3 is 1. The van der Waals surface area contributed by atoms with Crippen molar-refractivity contribution in [2.24, 2.45) is 0 Å². The van der Waals surface area contributed by atoms with Crippen LogP contribution >= 0.6 is 11.6 Å². The third-order valence-electron chi connectivity index (χ3n) is 2.61. The second-order valence-corrected chi connectivity index (χ2v) is 4.08. The zero-order chi connectivity index (χ0) is 12.3. The Morgan fingerprint density at radius 1 is 1.12 bits per heavy atom. The predicted molar refractivity (Wildman–Crippen MR) is 69.4 cm³/mol. The second kappa shape index (κ2) is 5.21. The first kappa shape index (κ1) is 12.0. The number of benzene rings is 2. The van der Waals surface area contributed by atoms with E-state index in [9.17, 15) is 0 Å². The summed E-state index contributed by atoms with van der Waals surface area (Å²) in [5.74, 6) is 0.746. The predicted octanol–water partition coefficient (Wildman–Crippen LogP) is 3.51. The van der Waals surface area contributed by atoms with Crippen LogP contribution < -0.4 is 4.74 Å². The van der Waals surface area contributed by atoms with Crippen LogP contribution in [-0.4, -0.2) is 12.2 Å². The van der Waals surface area contributed by atoms with E-state index in [1.54, 1.807) is 7.11 Å². The van der Waals surface area contributed by atoms with Gasteiger partial charge in [-0.1, -0.05) is 35.9 Å². The molecule has 3 heteroatoms. The van der Waals surface area contributed by atoms with E-state index < -0.39 is 0 Å². The van der Waals surface area contributed by atoms with Crippen LogP contribution in [0.2, 0.25) is 5.02 Å². The molecule has 0 fully saturated rings. The number of hydrogen-bond acceptors (Lipinski definition) is 2. The van der Waals surface area contributed by atoms with Crippen molar-refractivity contribution in [2.45, 2.75) is 6.61 Å². The molecule has 0 heterocycles. The van der Waals surface area contributed by atoms with E-state index in [0.717, 1.165) is 22.4 Å². The van der Waals surface area contributed by atoms with Crippen molar-refractivity contribution in [1.29, 1.82) is 0 Å². The van der Waals surface area contributed by atoms with Crippen LogP contribution in [0.15, 0.2) is 42.5 Å². The lowest BCUT2D eigenvalue weighted by Gasteiger charge is -2.11. The standard InChI is InChI=1S/C14H13ClO2/c1-17-14-7-6-10(9-16)8-12(14)11-4-2-3-5-13(11)15/h2-8,16H,9H2,1H3. The van der Waals surface area contributed by atoms with Crippen LogP contribution in [0.1, 0.15) is 5.56 Å². The maximum absolute atomic E-state index is 9.17. The largest absolute Gasteiger partial charge is 0.496 e. The van der Waals surface area contributed by atoms with Gasteiger partial charge >= 0.3 is 0 Å². The van der Waals surface area contributed by atoms with Crippen molar-refractivity contribution in [3.8, 4) is 16.9 Å². The molecule has 88 valence electrons. The summed E-state index contributed by atoms with van der Waals surface area (Å²) in [6.07, 6.45) is 0. The summed E-state index contributed by atoms with van der Waals surface area (Å²) in [5, 5.41) is 9.84. The average Bonchev–Trinajstić information content (AvgIpc) is 2.38. The fourth-order valence-corrected chi connectivity index (χ4v) is 1.98. The third-order valence-corrected chi connectivity index (χ3v) is 2.94. The first-order valence-corrected chi connectivity index (χ1v) is 5.66. The monoisotopic (exact) mass is 248 g/mol. The summed E-state index contributed by atoms with van der Waals surface area (Å²) in [5.41, 5.74) is 2.63. The van der Waals surface area contributed by atoms with Crippen molar-refractivity contribution in [3.05, 3.63) is 53.1 Å². The van der Waals surface area contributed by atoms with E-state index in [1.165, 1.54) is 0 Å². The zero-order valence-corrected chi connectivity index (χ0v) is 10.2. The molecule has 0 saturated heterocycles. The molecule has 0 aliphatic heterocycles. The maximum atomic E-state index is 9.17. The van der Waals surface area contributed by atoms with Crippen LogP contribution in [0, 0.1) is 0 Å². The topological polar surface area (TPSA) is 29.5 Å². The number of ether oxygens (including phenoxy) is 1. The molecule has 0 atom stereocenters. The van der Waals surface area contributed by atoms with Gasteiger partial charge in [-0.25, -0.2) is 0 Å². The molecule has 0 radical (unpaired) electrons. The first-order valence-electron chi connectivity index (χ1n) is 5.29. The van der Waals surface area contributed by atoms with E-state index in [0.29, 0.717) is 5.02 Å². The SMILES string of the molecule is COc1ccc(CO)cc1-c1ccccc1Cl. The van der Waals surface area contributed by atoms with E-state index in [4.69, 9.17) is 21.4 Å². The molecule has 0 bridgehead atoms. The lowest BCUT2D eigenvalue weighted by molar-refractivity contribution is 0.281. The van der Waals surface area contributed by atoms with Gasteiger partial charge in [-0.2, -0.15) is 0 Å². The Balaban J connectivity index is 2.60. The van der Waals surface area contributed by atoms with Crippen molar-refractivity contribution < 1.29 is 9.84 Å². The summed E-state index contributed by atoms with van der Waals surface area (Å²) in [7, 11) is 1.62. The van der Waals surface area contributed by atoms with Gasteiger partial charge in [0.1, 0.15) is 5.75 Å². The van der Waals surface area contributed by atoms with E-state index >= 15 is 0 Å². The molecule has 0 spiro atoms. The van der Waals surface area contributed by atoms with Crippen LogP contribution in [0.3, 0.4) is 0 Å². The normalized spacial score (nSPS) is 10.3. The highest BCUT2D eigenvalue weighted by molar-refractivity contribution is 6.33. The van der Waals surface area contributed by atoms with Gasteiger partial charge in [0, 0.05) is 16.1 Å². The van der Waals surface area contributed by atoms with Gasteiger partial charge in [-0.3, -0.25) is 0 Å². The average molecular weight is 249 g/mol. The molecule has 0 unspecified atom stereocenters. The molecule has 0 saturated carbocycles. The van der Waals surface area contributed by atoms with Crippen molar-refractivity contribution in [3.63, 3.8) is 0 Å². The Bertz CT molecular complexity index is 523. The number of rotatable bonds is 3. The lowest BCUT2D eigenvalue weighted by Crippen LogP contribution is -1.91. The third kappa shape index (κ3) is 2.43. The van der Waals surface area contributed by atoms with Gasteiger partial charge < -0.3 is 9.84 Å². The Morgan fingerprint density at radius 2 is 1.88 bits per heavy atom. The summed E-state index contributed by atoms with van der Waals surface area (Å²) < 4.78 is 5.31. The summed E-state index contributed by atoms with van der Waals surface area (Å²) in [6.45, 7) is 0.00144. The van der Waals surface area contributed by atoms with E-state index in [-0.39, 0.29) is 6.61 Å². The first-order chi connectivity index (χ1) is 8.26. The van der Waals surface area contributed by atoms with Gasteiger partial charge in [-0.05, 0) is 23.8 Å². The summed E-state index contributed by atoms with van der Waals surface area (Å²) >= 11 is 6.17. The van der Waals surface area contributed by atoms with Gasteiger partial charge in [0.15, 0.2) is 0 Å². The molecule has 2 aromatic carbocycles. The highest BCUT2D eigenvalue weighted by Crippen LogP contribution is 2.35. The molecule has 2 aromatic rings. The van der Waals surface area contributed by atoms with Gasteiger partial charge in [0.05, 0.1) is 13.7 Å². The molecule has 0 aliphatic rings. The van der Waals surface area contributed by atoms with Crippen molar-refractivity contribution in [1.82, 2.24) is 0 Å². The van der Waals surface area contributed by atoms with Crippen molar-refractivity contribution >= 4 is 11.6 Å². The highest BCUT2D eigenvalue weighted by atomic mass is 35.5. The van der Waals surface area contributed by atoms with Gasteiger partial charge in [0.25, 0.3) is 0 Å². The molecule has 2 nitrogen and oxygen atoms in total. The van der Waals surface area contributed by atoms with Crippen LogP contribution in [0.5, 0.6) is 5.75 Å². The minimum atomic E-state index is 0.00144. The molecule has 0 amide bonds. The van der Waals surface area contributed by atoms with E-state index in [2.05, 4.69) is 0 Å². The Labute approximate surface area is 105 Å². The Morgan fingerprint density at radius 3 is 2.53 bits per heavy atom. The Kier molecular flexibility index (Phi) is 3.67. The van der Waals surface area contributed by atoms with Crippen molar-refractivity contribution in [2.75, 3.05) is 7.11 Å². The van der Waals surface area contributed by atoms with Gasteiger partial charge in [-0.15, -0.1) is 0 Å². The fraction of sp³-hybridized carbons (Fsp3) is 0.143. The smallest absolute Gasteiger partial charge is 0.126 e. The molecule has 2 rings (SSSR count). The van der Waals surface area contributed by atoms with Crippen LogP contribution in [0.4, 0.5) is 0 Å². The highest BCUT2D eigenvalue weighted by Gasteiger charge is 2.09. The zero-order valence-electron chi connectivity index (χ0n) is 9.48. The van der Waals surface area contributed by atoms with Gasteiger partial charge in [0.2, 0.25) is 0 Å². The fourth-order valence-electron chi connectivity index (χ4n) is 1.74. The minimum absolute atomic E-state index is 0.00144. The molecule has 0 aromatic heterocycles. The molecular weight excluding hydrogens is 236 g/mol. The number of aliphatic hydroxyl groups is 1. The molecule has 17 heavy (non-hydrogen) atoms. The lowest BCUT2D eigenvalue weighted by atomic mass is 10.0. The second-order valence-electron chi connectivity index (χ2n) is 3.67. The Hall–Kier alpha value is -1.51. The summed E-state index contributed by atoms with van der Waals surface area (Å²) in [4.78, 5) is 0. The van der Waals surface area contributed by atoms with Crippen LogP contribution in [0.25, 0.3) is 11.1 Å².